The number of H-pyrrole nitrogens is 1. The van der Waals surface area contributed by atoms with Crippen LogP contribution in [-0.2, 0) is 21.2 Å². The molecule has 1 N–H and O–H groups in total. The number of alkyl halides is 1. The van der Waals surface area contributed by atoms with Crippen molar-refractivity contribution in [2.75, 3.05) is 27.3 Å². The zero-order chi connectivity index (χ0) is 13.8. The highest BCUT2D eigenvalue weighted by Crippen LogP contribution is 2.13. The van der Waals surface area contributed by atoms with Gasteiger partial charge in [0, 0.05) is 27.1 Å². The summed E-state index contributed by atoms with van der Waals surface area (Å²) >= 11 is 5.94. The van der Waals surface area contributed by atoms with E-state index < -0.39 is 10.0 Å². The fourth-order valence-corrected chi connectivity index (χ4v) is 2.99. The smallest absolute Gasteiger partial charge is 0.259 e. The first-order chi connectivity index (χ1) is 8.41. The van der Waals surface area contributed by atoms with E-state index in [0.717, 1.165) is 0 Å². The van der Waals surface area contributed by atoms with E-state index in [1.807, 2.05) is 6.92 Å². The Bertz CT molecular complexity index is 474. The summed E-state index contributed by atoms with van der Waals surface area (Å²) in [6.45, 7) is 2.37. The van der Waals surface area contributed by atoms with Crippen molar-refractivity contribution < 1.29 is 13.2 Å². The van der Waals surface area contributed by atoms with Crippen molar-refractivity contribution in [3.05, 3.63) is 12.0 Å². The van der Waals surface area contributed by atoms with Crippen LogP contribution >= 0.6 is 11.6 Å². The number of ether oxygens (including phenoxy) is 1. The average Bonchev–Trinajstić information content (AvgIpc) is 2.78. The summed E-state index contributed by atoms with van der Waals surface area (Å²) in [4.78, 5) is 6.75. The van der Waals surface area contributed by atoms with Crippen molar-refractivity contribution in [2.24, 2.45) is 0 Å². The highest BCUT2D eigenvalue weighted by atomic mass is 35.5. The molecule has 0 aromatic carbocycles. The van der Waals surface area contributed by atoms with Crippen molar-refractivity contribution in [1.29, 1.82) is 0 Å². The standard InChI is InChI=1S/C10H18ClN3O3S/c1-4-9-12-5-10(13-9)18(15,16)14(2)6-8(11)7-17-3/h5,8H,4,6-7H2,1-3H3,(H,12,13). The van der Waals surface area contributed by atoms with Crippen molar-refractivity contribution >= 4 is 21.6 Å². The van der Waals surface area contributed by atoms with Crippen molar-refractivity contribution in [1.82, 2.24) is 14.3 Å². The van der Waals surface area contributed by atoms with E-state index in [1.165, 1.54) is 24.7 Å². The third kappa shape index (κ3) is 3.68. The third-order valence-corrected chi connectivity index (χ3v) is 4.43. The predicted octanol–water partition coefficient (Wildman–Crippen LogP) is 0.846. The van der Waals surface area contributed by atoms with E-state index in [2.05, 4.69) is 9.97 Å². The quantitative estimate of drug-likeness (QED) is 0.757. The molecule has 1 unspecified atom stereocenters. The van der Waals surface area contributed by atoms with Crippen LogP contribution in [0.15, 0.2) is 11.2 Å². The van der Waals surface area contributed by atoms with Crippen LogP contribution in [0.4, 0.5) is 0 Å². The molecule has 0 spiro atoms. The number of hydrogen-bond donors (Lipinski definition) is 1. The first-order valence-corrected chi connectivity index (χ1v) is 7.42. The zero-order valence-electron chi connectivity index (χ0n) is 10.7. The second-order valence-corrected chi connectivity index (χ2v) is 6.52. The topological polar surface area (TPSA) is 75.3 Å². The van der Waals surface area contributed by atoms with Crippen LogP contribution in [0, 0.1) is 0 Å². The third-order valence-electron chi connectivity index (χ3n) is 2.43. The van der Waals surface area contributed by atoms with E-state index in [4.69, 9.17) is 16.3 Å². The number of nitrogens with one attached hydrogen (secondary N) is 1. The Labute approximate surface area is 112 Å². The number of hydrogen-bond acceptors (Lipinski definition) is 4. The van der Waals surface area contributed by atoms with Crippen LogP contribution in [0.25, 0.3) is 0 Å². The largest absolute Gasteiger partial charge is 0.383 e. The van der Waals surface area contributed by atoms with Gasteiger partial charge in [-0.1, -0.05) is 6.92 Å². The summed E-state index contributed by atoms with van der Waals surface area (Å²) in [5.74, 6) is 0.640. The molecule has 0 aliphatic carbocycles. The highest BCUT2D eigenvalue weighted by molar-refractivity contribution is 7.89. The van der Waals surface area contributed by atoms with E-state index in [9.17, 15) is 8.42 Å². The lowest BCUT2D eigenvalue weighted by molar-refractivity contribution is 0.192. The van der Waals surface area contributed by atoms with Gasteiger partial charge in [0.25, 0.3) is 10.0 Å². The molecule has 1 aromatic heterocycles. The fraction of sp³-hybridized carbons (Fsp3) is 0.700. The summed E-state index contributed by atoms with van der Waals surface area (Å²) in [7, 11) is -0.567. The van der Waals surface area contributed by atoms with Crippen LogP contribution in [0.3, 0.4) is 0 Å². The number of imidazole rings is 1. The van der Waals surface area contributed by atoms with E-state index in [1.54, 1.807) is 0 Å². The molecule has 1 heterocycles. The molecule has 0 amide bonds. The van der Waals surface area contributed by atoms with Gasteiger partial charge in [-0.15, -0.1) is 11.6 Å². The van der Waals surface area contributed by atoms with E-state index >= 15 is 0 Å². The molecule has 8 heteroatoms. The summed E-state index contributed by atoms with van der Waals surface area (Å²) < 4.78 is 30.4. The highest BCUT2D eigenvalue weighted by Gasteiger charge is 2.24. The Morgan fingerprint density at radius 2 is 2.28 bits per heavy atom. The Hall–Kier alpha value is -0.630. The van der Waals surface area contributed by atoms with Crippen molar-refractivity contribution in [3.8, 4) is 0 Å². The fourth-order valence-electron chi connectivity index (χ4n) is 1.43. The Kier molecular flexibility index (Phi) is 5.58. The molecule has 0 saturated carbocycles. The Morgan fingerprint density at radius 3 is 2.78 bits per heavy atom. The predicted molar refractivity (Wildman–Crippen MR) is 69.3 cm³/mol. The lowest BCUT2D eigenvalue weighted by Crippen LogP contribution is -2.34. The molecular weight excluding hydrogens is 278 g/mol. The molecule has 0 saturated heterocycles. The van der Waals surface area contributed by atoms with Gasteiger partial charge >= 0.3 is 0 Å². The zero-order valence-corrected chi connectivity index (χ0v) is 12.3. The van der Waals surface area contributed by atoms with Crippen LogP contribution in [0.5, 0.6) is 0 Å². The molecule has 0 radical (unpaired) electrons. The number of halogens is 1. The van der Waals surface area contributed by atoms with Gasteiger partial charge in [-0.3, -0.25) is 0 Å². The van der Waals surface area contributed by atoms with Gasteiger partial charge in [-0.25, -0.2) is 13.4 Å². The second kappa shape index (κ2) is 6.51. The minimum absolute atomic E-state index is 0.0862. The Morgan fingerprint density at radius 1 is 1.61 bits per heavy atom. The maximum atomic E-state index is 12.2. The maximum absolute atomic E-state index is 12.2. The SMILES string of the molecule is CCc1ncc(S(=O)(=O)N(C)CC(Cl)COC)[nH]1. The van der Waals surface area contributed by atoms with Gasteiger partial charge in [0.1, 0.15) is 5.82 Å². The number of aryl methyl sites for hydroxylation is 1. The molecule has 0 aliphatic heterocycles. The van der Waals surface area contributed by atoms with E-state index in [-0.39, 0.29) is 16.9 Å². The van der Waals surface area contributed by atoms with Crippen LogP contribution in [0.1, 0.15) is 12.7 Å². The summed E-state index contributed by atoms with van der Waals surface area (Å²) in [5.41, 5.74) is 0. The normalized spacial score (nSPS) is 14.1. The van der Waals surface area contributed by atoms with Gasteiger partial charge < -0.3 is 9.72 Å². The summed E-state index contributed by atoms with van der Waals surface area (Å²) in [6.07, 6.45) is 1.98. The minimum atomic E-state index is -3.57. The van der Waals surface area contributed by atoms with Gasteiger partial charge in [-0.05, 0) is 0 Å². The molecule has 0 aliphatic rings. The van der Waals surface area contributed by atoms with Crippen LogP contribution in [-0.4, -0.2) is 55.4 Å². The number of rotatable bonds is 7. The molecule has 6 nitrogen and oxygen atoms in total. The first-order valence-electron chi connectivity index (χ1n) is 5.55. The number of methoxy groups -OCH3 is 1. The number of aromatic amines is 1. The molecule has 0 fully saturated rings. The summed E-state index contributed by atoms with van der Waals surface area (Å²) in [6, 6.07) is 0. The monoisotopic (exact) mass is 295 g/mol. The molecule has 18 heavy (non-hydrogen) atoms. The Balaban J connectivity index is 2.79. The molecule has 1 aromatic rings. The summed E-state index contributed by atoms with van der Waals surface area (Å²) in [5, 5.41) is -0.300. The molecule has 1 atom stereocenters. The average molecular weight is 296 g/mol. The number of sulfonamides is 1. The lowest BCUT2D eigenvalue weighted by Gasteiger charge is -2.18. The van der Waals surface area contributed by atoms with Gasteiger partial charge in [0.15, 0.2) is 5.03 Å². The molecule has 104 valence electrons. The number of nitrogens with zero attached hydrogens (tertiary/aromatic N) is 2. The molecule has 1 rings (SSSR count). The second-order valence-electron chi connectivity index (χ2n) is 3.89. The van der Waals surface area contributed by atoms with Gasteiger partial charge in [0.05, 0.1) is 18.2 Å². The van der Waals surface area contributed by atoms with Crippen LogP contribution < -0.4 is 0 Å². The van der Waals surface area contributed by atoms with Gasteiger partial charge in [-0.2, -0.15) is 4.31 Å². The maximum Gasteiger partial charge on any atom is 0.259 e. The number of aromatic nitrogens is 2. The van der Waals surface area contributed by atoms with Gasteiger partial charge in [0.2, 0.25) is 0 Å². The molecular formula is C10H18ClN3O3S. The van der Waals surface area contributed by atoms with E-state index in [0.29, 0.717) is 18.9 Å². The molecule has 0 bridgehead atoms. The first kappa shape index (κ1) is 15.4. The minimum Gasteiger partial charge on any atom is -0.383 e. The van der Waals surface area contributed by atoms with Crippen molar-refractivity contribution in [3.63, 3.8) is 0 Å². The van der Waals surface area contributed by atoms with Crippen molar-refractivity contribution in [2.45, 2.75) is 23.7 Å². The van der Waals surface area contributed by atoms with Crippen LogP contribution in [0.2, 0.25) is 0 Å². The lowest BCUT2D eigenvalue weighted by atomic mass is 10.4.